The molecule has 3 rings (SSSR count). The van der Waals surface area contributed by atoms with Gasteiger partial charge in [0, 0.05) is 18.2 Å². The Hall–Kier alpha value is -2.31. The molecule has 0 atom stereocenters. The Balaban J connectivity index is 1.69. The molecule has 0 saturated heterocycles. The number of carbonyl (C=O) groups is 1. The van der Waals surface area contributed by atoms with E-state index in [1.165, 1.54) is 51.0 Å². The minimum atomic E-state index is -0.500. The van der Waals surface area contributed by atoms with E-state index in [1.807, 2.05) is 0 Å². The first-order valence-corrected chi connectivity index (χ1v) is 7.48. The Bertz CT molecular complexity index is 584. The number of nitrogens with zero attached hydrogens (tertiary/aromatic N) is 1. The topological polar surface area (TPSA) is 93.5 Å². The van der Waals surface area contributed by atoms with Crippen molar-refractivity contribution in [2.75, 3.05) is 12.4 Å². The summed E-state index contributed by atoms with van der Waals surface area (Å²) in [6.07, 6.45) is 4.67. The number of anilines is 1. The maximum Gasteiger partial charge on any atom is 0.319 e. The number of nitro benzene ring substituents is 1. The van der Waals surface area contributed by atoms with Gasteiger partial charge in [0.25, 0.3) is 5.69 Å². The molecule has 1 aromatic rings. The van der Waals surface area contributed by atoms with Crippen LogP contribution in [0.15, 0.2) is 18.2 Å². The molecule has 2 fully saturated rings. The second kappa shape index (κ2) is 5.82. The highest BCUT2D eigenvalue weighted by Gasteiger charge is 2.42. The highest BCUT2D eigenvalue weighted by atomic mass is 16.6. The Morgan fingerprint density at radius 2 is 1.95 bits per heavy atom. The summed E-state index contributed by atoms with van der Waals surface area (Å²) in [4.78, 5) is 22.5. The highest BCUT2D eigenvalue weighted by Crippen LogP contribution is 2.44. The summed E-state index contributed by atoms with van der Waals surface area (Å²) in [7, 11) is 1.46. The van der Waals surface area contributed by atoms with Crippen LogP contribution in [0.4, 0.5) is 16.2 Å². The van der Waals surface area contributed by atoms with Gasteiger partial charge < -0.3 is 15.4 Å². The van der Waals surface area contributed by atoms with Gasteiger partial charge in [-0.05, 0) is 43.6 Å². The van der Waals surface area contributed by atoms with Crippen LogP contribution in [0.3, 0.4) is 0 Å². The van der Waals surface area contributed by atoms with Crippen LogP contribution in [0.1, 0.15) is 25.7 Å². The standard InChI is InChI=1S/C15H19N3O4/c1-22-13-7-6-11(18(20)21)8-12(13)16-15(19)17-14(9-2-3-9)10-4-5-10/h6-10,14H,2-5H2,1H3,(H2,16,17,19). The van der Waals surface area contributed by atoms with Crippen molar-refractivity contribution in [3.05, 3.63) is 28.3 Å². The normalized spacial score (nSPS) is 17.2. The van der Waals surface area contributed by atoms with Crippen molar-refractivity contribution in [1.29, 1.82) is 0 Å². The third-order valence-electron chi connectivity index (χ3n) is 4.20. The van der Waals surface area contributed by atoms with E-state index in [-0.39, 0.29) is 17.8 Å². The van der Waals surface area contributed by atoms with E-state index in [2.05, 4.69) is 10.6 Å². The zero-order valence-electron chi connectivity index (χ0n) is 12.4. The van der Waals surface area contributed by atoms with Crippen LogP contribution in [0, 0.1) is 22.0 Å². The monoisotopic (exact) mass is 305 g/mol. The van der Waals surface area contributed by atoms with Crippen molar-refractivity contribution < 1.29 is 14.5 Å². The molecule has 0 radical (unpaired) electrons. The lowest BCUT2D eigenvalue weighted by Gasteiger charge is -2.18. The van der Waals surface area contributed by atoms with Gasteiger partial charge in [-0.15, -0.1) is 0 Å². The number of non-ortho nitro benzene ring substituents is 1. The summed E-state index contributed by atoms with van der Waals surface area (Å²) >= 11 is 0. The van der Waals surface area contributed by atoms with Crippen LogP contribution in [0.25, 0.3) is 0 Å². The molecule has 7 nitrogen and oxygen atoms in total. The predicted molar refractivity (Wildman–Crippen MR) is 81.0 cm³/mol. The fourth-order valence-corrected chi connectivity index (χ4v) is 2.75. The maximum atomic E-state index is 12.2. The lowest BCUT2D eigenvalue weighted by atomic mass is 10.1. The van der Waals surface area contributed by atoms with Crippen LogP contribution in [-0.2, 0) is 0 Å². The summed E-state index contributed by atoms with van der Waals surface area (Å²) in [6, 6.07) is 4.03. The molecule has 1 aromatic carbocycles. The number of amides is 2. The molecule has 0 unspecified atom stereocenters. The number of methoxy groups -OCH3 is 1. The van der Waals surface area contributed by atoms with Gasteiger partial charge in [0.1, 0.15) is 5.75 Å². The number of ether oxygens (including phenoxy) is 1. The van der Waals surface area contributed by atoms with E-state index in [1.54, 1.807) is 0 Å². The number of rotatable bonds is 6. The number of benzene rings is 1. The summed E-state index contributed by atoms with van der Waals surface area (Å²) in [5.74, 6) is 1.57. The van der Waals surface area contributed by atoms with E-state index in [0.717, 1.165) is 0 Å². The minimum absolute atomic E-state index is 0.0861. The molecule has 2 saturated carbocycles. The summed E-state index contributed by atoms with van der Waals surface area (Å²) in [5, 5.41) is 16.5. The van der Waals surface area contributed by atoms with Gasteiger partial charge in [-0.25, -0.2) is 4.79 Å². The SMILES string of the molecule is COc1ccc([N+](=O)[O-])cc1NC(=O)NC(C1CC1)C1CC1. The second-order valence-corrected chi connectivity index (χ2v) is 5.94. The van der Waals surface area contributed by atoms with Gasteiger partial charge in [-0.1, -0.05) is 0 Å². The predicted octanol–water partition coefficient (Wildman–Crippen LogP) is 2.91. The number of hydrogen-bond acceptors (Lipinski definition) is 4. The molecule has 0 spiro atoms. The Kier molecular flexibility index (Phi) is 3.87. The molecule has 0 bridgehead atoms. The lowest BCUT2D eigenvalue weighted by molar-refractivity contribution is -0.384. The molecule has 2 N–H and O–H groups in total. The molecule has 7 heteroatoms. The zero-order valence-corrected chi connectivity index (χ0v) is 12.4. The molecule has 118 valence electrons. The van der Waals surface area contributed by atoms with Crippen LogP contribution < -0.4 is 15.4 Å². The third kappa shape index (κ3) is 3.29. The van der Waals surface area contributed by atoms with Gasteiger partial charge >= 0.3 is 6.03 Å². The van der Waals surface area contributed by atoms with Crippen molar-refractivity contribution in [1.82, 2.24) is 5.32 Å². The van der Waals surface area contributed by atoms with Crippen LogP contribution in [0.5, 0.6) is 5.75 Å². The van der Waals surface area contributed by atoms with Crippen LogP contribution >= 0.6 is 0 Å². The largest absolute Gasteiger partial charge is 0.495 e. The molecule has 2 aliphatic carbocycles. The van der Waals surface area contributed by atoms with Crippen molar-refractivity contribution in [2.24, 2.45) is 11.8 Å². The maximum absolute atomic E-state index is 12.2. The van der Waals surface area contributed by atoms with E-state index < -0.39 is 4.92 Å². The van der Waals surface area contributed by atoms with Gasteiger partial charge in [0.05, 0.1) is 17.7 Å². The van der Waals surface area contributed by atoms with E-state index >= 15 is 0 Å². The van der Waals surface area contributed by atoms with Crippen LogP contribution in [0.2, 0.25) is 0 Å². The molecule has 2 aliphatic rings. The fraction of sp³-hybridized carbons (Fsp3) is 0.533. The van der Waals surface area contributed by atoms with E-state index in [0.29, 0.717) is 23.3 Å². The molecule has 2 amide bonds. The summed E-state index contributed by atoms with van der Waals surface area (Å²) in [6.45, 7) is 0. The van der Waals surface area contributed by atoms with Crippen LogP contribution in [-0.4, -0.2) is 24.1 Å². The molecular formula is C15H19N3O4. The number of nitro groups is 1. The molecular weight excluding hydrogens is 286 g/mol. The highest BCUT2D eigenvalue weighted by molar-refractivity contribution is 5.91. The minimum Gasteiger partial charge on any atom is -0.495 e. The smallest absolute Gasteiger partial charge is 0.319 e. The summed E-state index contributed by atoms with van der Waals surface area (Å²) in [5.41, 5.74) is 0.219. The second-order valence-electron chi connectivity index (χ2n) is 5.94. The number of urea groups is 1. The Morgan fingerprint density at radius 3 is 2.45 bits per heavy atom. The van der Waals surface area contributed by atoms with Crippen molar-refractivity contribution in [3.8, 4) is 5.75 Å². The number of nitrogens with one attached hydrogen (secondary N) is 2. The van der Waals surface area contributed by atoms with E-state index in [9.17, 15) is 14.9 Å². The molecule has 0 aliphatic heterocycles. The number of carbonyl (C=O) groups excluding carboxylic acids is 1. The first kappa shape index (κ1) is 14.6. The van der Waals surface area contributed by atoms with Gasteiger partial charge in [-0.2, -0.15) is 0 Å². The zero-order chi connectivity index (χ0) is 15.7. The summed E-state index contributed by atoms with van der Waals surface area (Å²) < 4.78 is 5.14. The van der Waals surface area contributed by atoms with Gasteiger partial charge in [-0.3, -0.25) is 10.1 Å². The quantitative estimate of drug-likeness (QED) is 0.624. The lowest BCUT2D eigenvalue weighted by Crippen LogP contribution is -2.40. The Morgan fingerprint density at radius 1 is 1.32 bits per heavy atom. The molecule has 22 heavy (non-hydrogen) atoms. The average Bonchev–Trinajstić information content (AvgIpc) is 3.38. The first-order valence-electron chi connectivity index (χ1n) is 7.48. The molecule has 0 heterocycles. The number of hydrogen-bond donors (Lipinski definition) is 2. The fourth-order valence-electron chi connectivity index (χ4n) is 2.75. The van der Waals surface area contributed by atoms with Gasteiger partial charge in [0.15, 0.2) is 0 Å². The first-order chi connectivity index (χ1) is 10.6. The van der Waals surface area contributed by atoms with E-state index in [4.69, 9.17) is 4.74 Å². The van der Waals surface area contributed by atoms with Crippen molar-refractivity contribution in [2.45, 2.75) is 31.7 Å². The molecule has 0 aromatic heterocycles. The third-order valence-corrected chi connectivity index (χ3v) is 4.20. The van der Waals surface area contributed by atoms with Gasteiger partial charge in [0.2, 0.25) is 0 Å². The van der Waals surface area contributed by atoms with Crippen molar-refractivity contribution in [3.63, 3.8) is 0 Å². The van der Waals surface area contributed by atoms with Crippen molar-refractivity contribution >= 4 is 17.4 Å². The average molecular weight is 305 g/mol. The Labute approximate surface area is 128 Å².